The number of hydrogen-bond acceptors (Lipinski definition) is 4. The molecule has 2 aromatic carbocycles. The Balaban J connectivity index is 1.64. The Hall–Kier alpha value is -3.17. The SMILES string of the molecule is CCOC(=O)C1(CNC(=O)c2ccc(C#Cc3ccccc3F)cc2)CCOCC1. The van der Waals surface area contributed by atoms with Gasteiger partial charge in [0.05, 0.1) is 17.6 Å². The first-order valence-corrected chi connectivity index (χ1v) is 9.94. The Labute approximate surface area is 175 Å². The second-order valence-corrected chi connectivity index (χ2v) is 7.10. The van der Waals surface area contributed by atoms with Gasteiger partial charge in [0, 0.05) is 30.9 Å². The molecule has 2 aromatic rings. The summed E-state index contributed by atoms with van der Waals surface area (Å²) < 4.78 is 24.2. The van der Waals surface area contributed by atoms with E-state index in [0.717, 1.165) is 0 Å². The van der Waals surface area contributed by atoms with E-state index >= 15 is 0 Å². The fraction of sp³-hybridized carbons (Fsp3) is 0.333. The number of nitrogens with one attached hydrogen (secondary N) is 1. The molecule has 5 nitrogen and oxygen atoms in total. The topological polar surface area (TPSA) is 64.6 Å². The van der Waals surface area contributed by atoms with Crippen LogP contribution >= 0.6 is 0 Å². The highest BCUT2D eigenvalue weighted by Crippen LogP contribution is 2.31. The molecule has 1 aliphatic heterocycles. The van der Waals surface area contributed by atoms with Gasteiger partial charge in [-0.15, -0.1) is 0 Å². The van der Waals surface area contributed by atoms with Crippen LogP contribution in [0.3, 0.4) is 0 Å². The summed E-state index contributed by atoms with van der Waals surface area (Å²) >= 11 is 0. The second kappa shape index (κ2) is 10.0. The minimum absolute atomic E-state index is 0.197. The average molecular weight is 409 g/mol. The number of rotatable bonds is 5. The maximum Gasteiger partial charge on any atom is 0.314 e. The van der Waals surface area contributed by atoms with Crippen LogP contribution in [0.5, 0.6) is 0 Å². The molecular formula is C24H24FNO4. The lowest BCUT2D eigenvalue weighted by molar-refractivity contribution is -0.160. The molecule has 1 aliphatic rings. The van der Waals surface area contributed by atoms with Crippen molar-refractivity contribution in [3.05, 3.63) is 71.0 Å². The minimum Gasteiger partial charge on any atom is -0.466 e. The van der Waals surface area contributed by atoms with Crippen molar-refractivity contribution >= 4 is 11.9 Å². The maximum absolute atomic E-state index is 13.6. The van der Waals surface area contributed by atoms with Crippen LogP contribution < -0.4 is 5.32 Å². The molecule has 0 spiro atoms. The highest BCUT2D eigenvalue weighted by Gasteiger charge is 2.41. The Bertz CT molecular complexity index is 953. The highest BCUT2D eigenvalue weighted by atomic mass is 19.1. The van der Waals surface area contributed by atoms with Gasteiger partial charge >= 0.3 is 5.97 Å². The first kappa shape index (κ1) is 21.5. The summed E-state index contributed by atoms with van der Waals surface area (Å²) in [7, 11) is 0. The van der Waals surface area contributed by atoms with Gasteiger partial charge < -0.3 is 14.8 Å². The summed E-state index contributed by atoms with van der Waals surface area (Å²) in [5.41, 5.74) is 0.689. The van der Waals surface area contributed by atoms with Crippen LogP contribution in [-0.2, 0) is 14.3 Å². The standard InChI is InChI=1S/C24H24FNO4/c1-2-30-23(28)24(13-15-29-16-14-24)17-26-22(27)20-11-8-18(9-12-20)7-10-19-5-3-4-6-21(19)25/h3-6,8-9,11-12H,2,13-17H2,1H3,(H,26,27). The van der Waals surface area contributed by atoms with Crippen LogP contribution in [0, 0.1) is 23.1 Å². The van der Waals surface area contributed by atoms with E-state index in [9.17, 15) is 14.0 Å². The minimum atomic E-state index is -0.755. The molecule has 30 heavy (non-hydrogen) atoms. The molecule has 6 heteroatoms. The average Bonchev–Trinajstić information content (AvgIpc) is 2.78. The summed E-state index contributed by atoms with van der Waals surface area (Å²) in [5.74, 6) is 4.73. The predicted molar refractivity (Wildman–Crippen MR) is 110 cm³/mol. The van der Waals surface area contributed by atoms with E-state index in [4.69, 9.17) is 9.47 Å². The van der Waals surface area contributed by atoms with E-state index in [2.05, 4.69) is 17.2 Å². The molecule has 0 aliphatic carbocycles. The Morgan fingerprint density at radius 3 is 2.47 bits per heavy atom. The summed E-state index contributed by atoms with van der Waals surface area (Å²) in [6, 6.07) is 13.0. The van der Waals surface area contributed by atoms with Crippen molar-refractivity contribution in [1.82, 2.24) is 5.32 Å². The van der Waals surface area contributed by atoms with Crippen molar-refractivity contribution in [1.29, 1.82) is 0 Å². The molecule has 0 aromatic heterocycles. The molecule has 1 heterocycles. The van der Waals surface area contributed by atoms with Gasteiger partial charge in [-0.25, -0.2) is 4.39 Å². The lowest BCUT2D eigenvalue weighted by Gasteiger charge is -2.34. The summed E-state index contributed by atoms with van der Waals surface area (Å²) in [6.07, 6.45) is 1.02. The van der Waals surface area contributed by atoms with Gasteiger partial charge in [-0.2, -0.15) is 0 Å². The molecule has 1 saturated heterocycles. The number of carbonyl (C=O) groups excluding carboxylic acids is 2. The van der Waals surface area contributed by atoms with Gasteiger partial charge in [0.1, 0.15) is 5.82 Å². The second-order valence-electron chi connectivity index (χ2n) is 7.10. The molecule has 0 radical (unpaired) electrons. The van der Waals surface area contributed by atoms with Crippen molar-refractivity contribution in [3.8, 4) is 11.8 Å². The van der Waals surface area contributed by atoms with Gasteiger partial charge in [0.2, 0.25) is 0 Å². The van der Waals surface area contributed by atoms with E-state index < -0.39 is 5.41 Å². The van der Waals surface area contributed by atoms with Crippen molar-refractivity contribution < 1.29 is 23.5 Å². The van der Waals surface area contributed by atoms with Crippen LogP contribution in [0.1, 0.15) is 41.3 Å². The predicted octanol–water partition coefficient (Wildman–Crippen LogP) is 3.32. The summed E-state index contributed by atoms with van der Waals surface area (Å²) in [4.78, 5) is 25.0. The van der Waals surface area contributed by atoms with Gasteiger partial charge in [-0.05, 0) is 56.2 Å². The van der Waals surface area contributed by atoms with E-state index in [-0.39, 0.29) is 24.2 Å². The number of esters is 1. The molecule has 0 bridgehead atoms. The lowest BCUT2D eigenvalue weighted by atomic mass is 9.80. The zero-order chi connectivity index (χ0) is 21.4. The summed E-state index contributed by atoms with van der Waals surface area (Å²) in [5, 5.41) is 2.85. The zero-order valence-electron chi connectivity index (χ0n) is 16.9. The molecule has 1 fully saturated rings. The van der Waals surface area contributed by atoms with Crippen LogP contribution in [0.25, 0.3) is 0 Å². The van der Waals surface area contributed by atoms with Gasteiger partial charge in [0.15, 0.2) is 0 Å². The van der Waals surface area contributed by atoms with E-state index in [1.54, 1.807) is 49.4 Å². The Kier molecular flexibility index (Phi) is 7.21. The number of hydrogen-bond donors (Lipinski definition) is 1. The normalized spacial score (nSPS) is 14.9. The fourth-order valence-electron chi connectivity index (χ4n) is 3.26. The lowest BCUT2D eigenvalue weighted by Crippen LogP contribution is -2.47. The van der Waals surface area contributed by atoms with Crippen LogP contribution in [-0.4, -0.2) is 38.2 Å². The first-order valence-electron chi connectivity index (χ1n) is 9.94. The third-order valence-electron chi connectivity index (χ3n) is 5.11. The van der Waals surface area contributed by atoms with Gasteiger partial charge in [-0.3, -0.25) is 9.59 Å². The first-order chi connectivity index (χ1) is 14.5. The fourth-order valence-corrected chi connectivity index (χ4v) is 3.26. The molecule has 3 rings (SSSR count). The van der Waals surface area contributed by atoms with Crippen molar-refractivity contribution in [2.24, 2.45) is 5.41 Å². The third kappa shape index (κ3) is 5.25. The smallest absolute Gasteiger partial charge is 0.314 e. The number of carbonyl (C=O) groups is 2. The van der Waals surface area contributed by atoms with E-state index in [0.29, 0.717) is 49.4 Å². The largest absolute Gasteiger partial charge is 0.466 e. The zero-order valence-corrected chi connectivity index (χ0v) is 16.9. The molecule has 156 valence electrons. The van der Waals surface area contributed by atoms with Crippen LogP contribution in [0.2, 0.25) is 0 Å². The molecule has 0 unspecified atom stereocenters. The number of halogens is 1. The molecule has 0 atom stereocenters. The quantitative estimate of drug-likeness (QED) is 0.608. The molecule has 1 N–H and O–H groups in total. The number of ether oxygens (including phenoxy) is 2. The molecule has 0 saturated carbocycles. The molecular weight excluding hydrogens is 385 g/mol. The number of benzene rings is 2. The number of amides is 1. The van der Waals surface area contributed by atoms with Crippen LogP contribution in [0.4, 0.5) is 4.39 Å². The van der Waals surface area contributed by atoms with Gasteiger partial charge in [0.25, 0.3) is 5.91 Å². The Morgan fingerprint density at radius 1 is 1.10 bits per heavy atom. The van der Waals surface area contributed by atoms with Crippen LogP contribution in [0.15, 0.2) is 48.5 Å². The third-order valence-corrected chi connectivity index (χ3v) is 5.11. The summed E-state index contributed by atoms with van der Waals surface area (Å²) in [6.45, 7) is 3.18. The van der Waals surface area contributed by atoms with Crippen molar-refractivity contribution in [2.75, 3.05) is 26.4 Å². The monoisotopic (exact) mass is 409 g/mol. The van der Waals surface area contributed by atoms with Crippen molar-refractivity contribution in [2.45, 2.75) is 19.8 Å². The highest BCUT2D eigenvalue weighted by molar-refractivity contribution is 5.94. The Morgan fingerprint density at radius 2 is 1.80 bits per heavy atom. The van der Waals surface area contributed by atoms with E-state index in [1.165, 1.54) is 6.07 Å². The van der Waals surface area contributed by atoms with Gasteiger partial charge in [-0.1, -0.05) is 24.0 Å². The van der Waals surface area contributed by atoms with E-state index in [1.807, 2.05) is 0 Å². The molecule has 1 amide bonds. The van der Waals surface area contributed by atoms with Crippen molar-refractivity contribution in [3.63, 3.8) is 0 Å². The maximum atomic E-state index is 13.6.